The lowest BCUT2D eigenvalue weighted by atomic mass is 10.2. The van der Waals surface area contributed by atoms with Crippen molar-refractivity contribution in [3.05, 3.63) is 18.0 Å². The predicted molar refractivity (Wildman–Crippen MR) is 61.5 cm³/mol. The summed E-state index contributed by atoms with van der Waals surface area (Å²) in [5, 5.41) is 3.93. The van der Waals surface area contributed by atoms with Gasteiger partial charge in [0.25, 0.3) is 5.91 Å². The molecule has 2 N–H and O–H groups in total. The van der Waals surface area contributed by atoms with E-state index in [1.54, 1.807) is 31.9 Å². The number of aromatic nitrogens is 2. The van der Waals surface area contributed by atoms with E-state index in [9.17, 15) is 4.79 Å². The molecule has 6 heteroatoms. The summed E-state index contributed by atoms with van der Waals surface area (Å²) in [6, 6.07) is -0.257. The zero-order valence-electron chi connectivity index (χ0n) is 8.97. The zero-order valence-corrected chi connectivity index (χ0v) is 9.78. The molecule has 0 aliphatic heterocycles. The lowest BCUT2D eigenvalue weighted by Crippen LogP contribution is -2.42. The van der Waals surface area contributed by atoms with Crippen molar-refractivity contribution in [1.29, 1.82) is 0 Å². The molecule has 15 heavy (non-hydrogen) atoms. The van der Waals surface area contributed by atoms with E-state index in [-0.39, 0.29) is 11.9 Å². The van der Waals surface area contributed by atoms with E-state index in [0.29, 0.717) is 10.6 Å². The van der Waals surface area contributed by atoms with Gasteiger partial charge in [-0.1, -0.05) is 12.2 Å². The SMILES string of the molecule is CC(C(N)=S)N(C)C(=O)c1cnn(C)c1. The first-order valence-electron chi connectivity index (χ1n) is 4.48. The summed E-state index contributed by atoms with van der Waals surface area (Å²) in [6.07, 6.45) is 3.18. The van der Waals surface area contributed by atoms with E-state index in [1.165, 1.54) is 11.1 Å². The van der Waals surface area contributed by atoms with Crippen LogP contribution in [0.15, 0.2) is 12.4 Å². The largest absolute Gasteiger partial charge is 0.392 e. The van der Waals surface area contributed by atoms with Crippen molar-refractivity contribution < 1.29 is 4.79 Å². The fraction of sp³-hybridized carbons (Fsp3) is 0.444. The van der Waals surface area contributed by atoms with E-state index in [2.05, 4.69) is 5.10 Å². The minimum atomic E-state index is -0.257. The van der Waals surface area contributed by atoms with Crippen LogP contribution in [0, 0.1) is 0 Å². The van der Waals surface area contributed by atoms with Gasteiger partial charge in [-0.15, -0.1) is 0 Å². The quantitative estimate of drug-likeness (QED) is 0.746. The summed E-state index contributed by atoms with van der Waals surface area (Å²) in [5.41, 5.74) is 6.01. The van der Waals surface area contributed by atoms with E-state index in [4.69, 9.17) is 18.0 Å². The molecule has 1 atom stereocenters. The molecule has 0 saturated carbocycles. The number of carbonyl (C=O) groups excluding carboxylic acids is 1. The highest BCUT2D eigenvalue weighted by Crippen LogP contribution is 2.05. The normalized spacial score (nSPS) is 12.2. The highest BCUT2D eigenvalue weighted by atomic mass is 32.1. The third kappa shape index (κ3) is 2.53. The number of thiocarbonyl (C=S) groups is 1. The number of carbonyl (C=O) groups is 1. The van der Waals surface area contributed by atoms with Crippen LogP contribution in [0.4, 0.5) is 0 Å². The molecule has 0 aromatic carbocycles. The molecule has 0 bridgehead atoms. The Morgan fingerprint density at radius 2 is 2.33 bits per heavy atom. The Bertz CT molecular complexity index is 387. The Kier molecular flexibility index (Phi) is 3.41. The topological polar surface area (TPSA) is 64.2 Å². The van der Waals surface area contributed by atoms with Gasteiger partial charge in [-0.2, -0.15) is 5.10 Å². The molecule has 0 fully saturated rings. The number of amides is 1. The van der Waals surface area contributed by atoms with Gasteiger partial charge in [0.2, 0.25) is 0 Å². The smallest absolute Gasteiger partial charge is 0.257 e. The summed E-state index contributed by atoms with van der Waals surface area (Å²) in [4.78, 5) is 13.7. The van der Waals surface area contributed by atoms with Gasteiger partial charge in [0.1, 0.15) is 0 Å². The third-order valence-electron chi connectivity index (χ3n) is 2.26. The van der Waals surface area contributed by atoms with Gasteiger partial charge in [0, 0.05) is 20.3 Å². The summed E-state index contributed by atoms with van der Waals surface area (Å²) in [7, 11) is 3.42. The van der Waals surface area contributed by atoms with E-state index < -0.39 is 0 Å². The lowest BCUT2D eigenvalue weighted by molar-refractivity contribution is 0.0779. The molecular weight excluding hydrogens is 212 g/mol. The Labute approximate surface area is 93.8 Å². The second kappa shape index (κ2) is 4.39. The standard InChI is InChI=1S/C9H14N4OS/c1-6(8(10)15)13(3)9(14)7-4-11-12(2)5-7/h4-6H,1-3H3,(H2,10,15). The van der Waals surface area contributed by atoms with Crippen LogP contribution in [0.1, 0.15) is 17.3 Å². The number of likely N-dealkylation sites (N-methyl/N-ethyl adjacent to an activating group) is 1. The fourth-order valence-corrected chi connectivity index (χ4v) is 1.26. The van der Waals surface area contributed by atoms with Crippen molar-refractivity contribution in [3.8, 4) is 0 Å². The second-order valence-electron chi connectivity index (χ2n) is 3.40. The van der Waals surface area contributed by atoms with E-state index in [0.717, 1.165) is 0 Å². The molecule has 1 aromatic rings. The van der Waals surface area contributed by atoms with Crippen molar-refractivity contribution in [2.45, 2.75) is 13.0 Å². The number of rotatable bonds is 3. The highest BCUT2D eigenvalue weighted by molar-refractivity contribution is 7.80. The molecule has 0 aliphatic rings. The maximum Gasteiger partial charge on any atom is 0.257 e. The van der Waals surface area contributed by atoms with Gasteiger partial charge in [-0.3, -0.25) is 9.48 Å². The summed E-state index contributed by atoms with van der Waals surface area (Å²) >= 11 is 4.83. The number of hydrogen-bond acceptors (Lipinski definition) is 3. The maximum atomic E-state index is 11.9. The van der Waals surface area contributed by atoms with Crippen LogP contribution in [0.2, 0.25) is 0 Å². The Morgan fingerprint density at radius 3 is 2.73 bits per heavy atom. The Morgan fingerprint density at radius 1 is 1.73 bits per heavy atom. The average molecular weight is 226 g/mol. The van der Waals surface area contributed by atoms with Gasteiger partial charge < -0.3 is 10.6 Å². The highest BCUT2D eigenvalue weighted by Gasteiger charge is 2.20. The van der Waals surface area contributed by atoms with Crippen LogP contribution in [-0.2, 0) is 7.05 Å². The van der Waals surface area contributed by atoms with Crippen LogP contribution >= 0.6 is 12.2 Å². The molecule has 0 saturated heterocycles. The summed E-state index contributed by atoms with van der Waals surface area (Å²) in [5.74, 6) is -0.136. The van der Waals surface area contributed by atoms with Crippen LogP contribution in [0.3, 0.4) is 0 Å². The molecule has 1 rings (SSSR count). The van der Waals surface area contributed by atoms with Crippen LogP contribution in [-0.4, -0.2) is 38.7 Å². The van der Waals surface area contributed by atoms with Crippen molar-refractivity contribution in [1.82, 2.24) is 14.7 Å². The van der Waals surface area contributed by atoms with Gasteiger partial charge in [-0.25, -0.2) is 0 Å². The number of aryl methyl sites for hydroxylation is 1. The van der Waals surface area contributed by atoms with Gasteiger partial charge >= 0.3 is 0 Å². The summed E-state index contributed by atoms with van der Waals surface area (Å²) < 4.78 is 1.58. The van der Waals surface area contributed by atoms with E-state index >= 15 is 0 Å². The number of nitrogens with two attached hydrogens (primary N) is 1. The molecule has 0 aliphatic carbocycles. The molecule has 1 unspecified atom stereocenters. The predicted octanol–water partition coefficient (Wildman–Crippen LogP) is 0.167. The van der Waals surface area contributed by atoms with Gasteiger partial charge in [-0.05, 0) is 6.92 Å². The fourth-order valence-electron chi connectivity index (χ4n) is 1.10. The van der Waals surface area contributed by atoms with Crippen LogP contribution in [0.5, 0.6) is 0 Å². The maximum absolute atomic E-state index is 11.9. The van der Waals surface area contributed by atoms with Crippen molar-refractivity contribution in [3.63, 3.8) is 0 Å². The zero-order chi connectivity index (χ0) is 11.6. The molecular formula is C9H14N4OS. The second-order valence-corrected chi connectivity index (χ2v) is 3.87. The van der Waals surface area contributed by atoms with Crippen LogP contribution in [0.25, 0.3) is 0 Å². The molecule has 5 nitrogen and oxygen atoms in total. The first-order chi connectivity index (χ1) is 6.93. The Balaban J connectivity index is 2.81. The third-order valence-corrected chi connectivity index (χ3v) is 2.61. The summed E-state index contributed by atoms with van der Waals surface area (Å²) in [6.45, 7) is 1.79. The lowest BCUT2D eigenvalue weighted by Gasteiger charge is -2.23. The molecule has 0 radical (unpaired) electrons. The first kappa shape index (κ1) is 11.6. The minimum Gasteiger partial charge on any atom is -0.392 e. The average Bonchev–Trinajstić information content (AvgIpc) is 2.61. The number of nitrogens with zero attached hydrogens (tertiary/aromatic N) is 3. The monoisotopic (exact) mass is 226 g/mol. The minimum absolute atomic E-state index is 0.136. The molecule has 82 valence electrons. The first-order valence-corrected chi connectivity index (χ1v) is 4.89. The molecule has 1 aromatic heterocycles. The Hall–Kier alpha value is -1.43. The molecule has 1 amide bonds. The van der Waals surface area contributed by atoms with Crippen molar-refractivity contribution in [2.24, 2.45) is 12.8 Å². The number of hydrogen-bond donors (Lipinski definition) is 1. The van der Waals surface area contributed by atoms with Crippen molar-refractivity contribution in [2.75, 3.05) is 7.05 Å². The molecule has 0 spiro atoms. The van der Waals surface area contributed by atoms with E-state index in [1.807, 2.05) is 0 Å². The van der Waals surface area contributed by atoms with Gasteiger partial charge in [0.05, 0.1) is 22.8 Å². The molecule has 1 heterocycles. The van der Waals surface area contributed by atoms with Gasteiger partial charge in [0.15, 0.2) is 0 Å². The van der Waals surface area contributed by atoms with Crippen LogP contribution < -0.4 is 5.73 Å². The van der Waals surface area contributed by atoms with Crippen molar-refractivity contribution >= 4 is 23.1 Å².